The van der Waals surface area contributed by atoms with Crippen LogP contribution in [0.5, 0.6) is 0 Å². The SMILES string of the molecule is CNC(CN(C)C1CCCN(C)C1)(C(=O)O)C1CC1. The maximum atomic E-state index is 11.7. The van der Waals surface area contributed by atoms with Crippen LogP contribution in [0, 0.1) is 5.92 Å². The normalized spacial score (nSPS) is 28.3. The van der Waals surface area contributed by atoms with Crippen LogP contribution >= 0.6 is 0 Å². The summed E-state index contributed by atoms with van der Waals surface area (Å²) in [5, 5.41) is 12.7. The minimum absolute atomic E-state index is 0.291. The summed E-state index contributed by atoms with van der Waals surface area (Å²) >= 11 is 0. The standard InChI is InChI=1S/C14H27N3O2/c1-15-14(13(18)19,11-6-7-11)10-17(3)12-5-4-8-16(2)9-12/h11-12,15H,4-10H2,1-3H3,(H,18,19). The van der Waals surface area contributed by atoms with Gasteiger partial charge in [-0.3, -0.25) is 9.69 Å². The van der Waals surface area contributed by atoms with Crippen LogP contribution in [0.4, 0.5) is 0 Å². The van der Waals surface area contributed by atoms with E-state index in [1.165, 1.54) is 12.8 Å². The summed E-state index contributed by atoms with van der Waals surface area (Å²) in [6.07, 6.45) is 4.44. The lowest BCUT2D eigenvalue weighted by molar-refractivity contribution is -0.147. The first-order chi connectivity index (χ1) is 8.99. The van der Waals surface area contributed by atoms with E-state index in [1.807, 2.05) is 0 Å². The van der Waals surface area contributed by atoms with Gasteiger partial charge in [0, 0.05) is 19.1 Å². The van der Waals surface area contributed by atoms with E-state index in [-0.39, 0.29) is 0 Å². The Bertz CT molecular complexity index is 333. The molecular formula is C14H27N3O2. The van der Waals surface area contributed by atoms with Gasteiger partial charge in [-0.25, -0.2) is 0 Å². The number of nitrogens with one attached hydrogen (secondary N) is 1. The molecule has 1 saturated carbocycles. The first-order valence-electron chi connectivity index (χ1n) is 7.30. The highest BCUT2D eigenvalue weighted by molar-refractivity contribution is 5.80. The van der Waals surface area contributed by atoms with Crippen molar-refractivity contribution in [3.63, 3.8) is 0 Å². The molecule has 0 spiro atoms. The van der Waals surface area contributed by atoms with Crippen molar-refractivity contribution in [2.75, 3.05) is 40.8 Å². The number of carbonyl (C=O) groups is 1. The van der Waals surface area contributed by atoms with Crippen molar-refractivity contribution in [2.24, 2.45) is 5.92 Å². The molecule has 0 amide bonds. The van der Waals surface area contributed by atoms with Gasteiger partial charge in [0.2, 0.25) is 0 Å². The third-order valence-corrected chi connectivity index (χ3v) is 4.82. The molecule has 2 fully saturated rings. The fourth-order valence-corrected chi connectivity index (χ4v) is 3.36. The second-order valence-corrected chi connectivity index (χ2v) is 6.27. The lowest BCUT2D eigenvalue weighted by Crippen LogP contribution is -2.61. The van der Waals surface area contributed by atoms with E-state index in [0.29, 0.717) is 18.5 Å². The fourth-order valence-electron chi connectivity index (χ4n) is 3.36. The molecule has 0 radical (unpaired) electrons. The minimum Gasteiger partial charge on any atom is -0.480 e. The Kier molecular flexibility index (Phi) is 4.48. The van der Waals surface area contributed by atoms with Gasteiger partial charge in [0.25, 0.3) is 0 Å². The van der Waals surface area contributed by atoms with Gasteiger partial charge < -0.3 is 15.3 Å². The second kappa shape index (κ2) is 5.77. The predicted molar refractivity (Wildman–Crippen MR) is 75.3 cm³/mol. The molecule has 5 nitrogen and oxygen atoms in total. The molecule has 0 aromatic carbocycles. The number of aliphatic carboxylic acids is 1. The molecule has 1 aliphatic carbocycles. The van der Waals surface area contributed by atoms with Crippen LogP contribution in [0.15, 0.2) is 0 Å². The second-order valence-electron chi connectivity index (χ2n) is 6.27. The van der Waals surface area contributed by atoms with Crippen molar-refractivity contribution in [3.8, 4) is 0 Å². The van der Waals surface area contributed by atoms with Crippen molar-refractivity contribution >= 4 is 5.97 Å². The third-order valence-electron chi connectivity index (χ3n) is 4.82. The van der Waals surface area contributed by atoms with Gasteiger partial charge in [-0.2, -0.15) is 0 Å². The topological polar surface area (TPSA) is 55.8 Å². The van der Waals surface area contributed by atoms with E-state index in [0.717, 1.165) is 25.9 Å². The van der Waals surface area contributed by atoms with Gasteiger partial charge in [-0.1, -0.05) is 0 Å². The van der Waals surface area contributed by atoms with Gasteiger partial charge >= 0.3 is 5.97 Å². The molecule has 1 saturated heterocycles. The summed E-state index contributed by atoms with van der Waals surface area (Å²) in [5.74, 6) is -0.410. The number of carboxylic acid groups (broad SMARTS) is 1. The van der Waals surface area contributed by atoms with Gasteiger partial charge in [0.1, 0.15) is 5.54 Å². The van der Waals surface area contributed by atoms with Crippen LogP contribution in [-0.4, -0.2) is 73.2 Å². The van der Waals surface area contributed by atoms with E-state index in [2.05, 4.69) is 29.2 Å². The third kappa shape index (κ3) is 3.09. The van der Waals surface area contributed by atoms with Crippen LogP contribution < -0.4 is 5.32 Å². The summed E-state index contributed by atoms with van der Waals surface area (Å²) in [5.41, 5.74) is -0.759. The largest absolute Gasteiger partial charge is 0.480 e. The summed E-state index contributed by atoms with van der Waals surface area (Å²) in [7, 11) is 6.00. The van der Waals surface area contributed by atoms with E-state index in [1.54, 1.807) is 7.05 Å². The average molecular weight is 269 g/mol. The molecule has 2 atom stereocenters. The van der Waals surface area contributed by atoms with Gasteiger partial charge in [-0.15, -0.1) is 0 Å². The van der Waals surface area contributed by atoms with E-state index in [4.69, 9.17) is 0 Å². The van der Waals surface area contributed by atoms with Crippen LogP contribution in [0.3, 0.4) is 0 Å². The van der Waals surface area contributed by atoms with Crippen LogP contribution in [0.2, 0.25) is 0 Å². The first kappa shape index (κ1) is 14.8. The number of likely N-dealkylation sites (tertiary alicyclic amines) is 1. The lowest BCUT2D eigenvalue weighted by atomic mass is 9.91. The van der Waals surface area contributed by atoms with Gasteiger partial charge in [0.05, 0.1) is 0 Å². The van der Waals surface area contributed by atoms with Gasteiger partial charge in [-0.05, 0) is 59.3 Å². The molecule has 5 heteroatoms. The molecule has 0 aromatic rings. The Hall–Kier alpha value is -0.650. The number of hydrogen-bond acceptors (Lipinski definition) is 4. The summed E-state index contributed by atoms with van der Waals surface area (Å²) in [6.45, 7) is 2.80. The number of rotatable bonds is 6. The number of hydrogen-bond donors (Lipinski definition) is 2. The lowest BCUT2D eigenvalue weighted by Gasteiger charge is -2.40. The molecule has 0 aromatic heterocycles. The predicted octanol–water partition coefficient (Wildman–Crippen LogP) is 0.465. The summed E-state index contributed by atoms with van der Waals surface area (Å²) < 4.78 is 0. The Morgan fingerprint density at radius 1 is 1.47 bits per heavy atom. The summed E-state index contributed by atoms with van der Waals surface area (Å²) in [6, 6.07) is 0.476. The van der Waals surface area contributed by atoms with E-state index >= 15 is 0 Å². The Morgan fingerprint density at radius 3 is 2.63 bits per heavy atom. The van der Waals surface area contributed by atoms with E-state index in [9.17, 15) is 9.90 Å². The molecule has 2 aliphatic rings. The Labute approximate surface area is 115 Å². The van der Waals surface area contributed by atoms with Crippen LogP contribution in [0.25, 0.3) is 0 Å². The molecule has 110 valence electrons. The highest BCUT2D eigenvalue weighted by Crippen LogP contribution is 2.40. The molecule has 2 unspecified atom stereocenters. The smallest absolute Gasteiger partial charge is 0.325 e. The molecule has 1 heterocycles. The van der Waals surface area contributed by atoms with Crippen molar-refractivity contribution in [2.45, 2.75) is 37.3 Å². The summed E-state index contributed by atoms with van der Waals surface area (Å²) in [4.78, 5) is 16.3. The fraction of sp³-hybridized carbons (Fsp3) is 0.929. The van der Waals surface area contributed by atoms with Crippen molar-refractivity contribution in [1.82, 2.24) is 15.1 Å². The van der Waals surface area contributed by atoms with Gasteiger partial charge in [0.15, 0.2) is 0 Å². The minimum atomic E-state index is -0.759. The average Bonchev–Trinajstić information content (AvgIpc) is 3.20. The quantitative estimate of drug-likeness (QED) is 0.734. The maximum absolute atomic E-state index is 11.7. The maximum Gasteiger partial charge on any atom is 0.325 e. The highest BCUT2D eigenvalue weighted by atomic mass is 16.4. The number of piperidine rings is 1. The van der Waals surface area contributed by atoms with E-state index < -0.39 is 11.5 Å². The van der Waals surface area contributed by atoms with Crippen LogP contribution in [0.1, 0.15) is 25.7 Å². The number of nitrogens with zero attached hydrogens (tertiary/aromatic N) is 2. The first-order valence-corrected chi connectivity index (χ1v) is 7.30. The van der Waals surface area contributed by atoms with Crippen molar-refractivity contribution in [3.05, 3.63) is 0 Å². The number of carboxylic acids is 1. The van der Waals surface area contributed by atoms with Crippen molar-refractivity contribution < 1.29 is 9.90 Å². The molecular weight excluding hydrogens is 242 g/mol. The highest BCUT2D eigenvalue weighted by Gasteiger charge is 2.51. The van der Waals surface area contributed by atoms with Crippen LogP contribution in [-0.2, 0) is 4.79 Å². The molecule has 2 rings (SSSR count). The zero-order valence-corrected chi connectivity index (χ0v) is 12.4. The molecule has 1 aliphatic heterocycles. The molecule has 0 bridgehead atoms. The Balaban J connectivity index is 2.02. The number of likely N-dealkylation sites (N-methyl/N-ethyl adjacent to an activating group) is 3. The zero-order valence-electron chi connectivity index (χ0n) is 12.4. The molecule has 19 heavy (non-hydrogen) atoms. The molecule has 2 N–H and O–H groups in total. The monoisotopic (exact) mass is 269 g/mol. The van der Waals surface area contributed by atoms with Crippen molar-refractivity contribution in [1.29, 1.82) is 0 Å². The Morgan fingerprint density at radius 2 is 2.16 bits per heavy atom. The zero-order chi connectivity index (χ0) is 14.0.